The number of nitrogens with zero attached hydrogens (tertiary/aromatic N) is 1. The number of aromatic nitrogens is 1. The van der Waals surface area contributed by atoms with E-state index in [0.29, 0.717) is 0 Å². The maximum absolute atomic E-state index is 5.67. The van der Waals surface area contributed by atoms with E-state index < -0.39 is 0 Å². The minimum absolute atomic E-state index is 0.797. The van der Waals surface area contributed by atoms with Gasteiger partial charge in [0.05, 0.1) is 18.4 Å². The molecule has 0 saturated carbocycles. The Morgan fingerprint density at radius 3 is 2.35 bits per heavy atom. The number of hydrogen-bond donors (Lipinski definition) is 0. The fourth-order valence-corrected chi connectivity index (χ4v) is 3.07. The molecule has 118 valence electrons. The van der Waals surface area contributed by atoms with Gasteiger partial charge in [0.25, 0.3) is 0 Å². The van der Waals surface area contributed by atoms with Crippen molar-refractivity contribution in [1.82, 2.24) is 5.16 Å². The van der Waals surface area contributed by atoms with E-state index in [4.69, 9.17) is 9.26 Å². The van der Waals surface area contributed by atoms with Crippen molar-refractivity contribution >= 4 is 15.9 Å². The van der Waals surface area contributed by atoms with Crippen molar-refractivity contribution in [2.24, 2.45) is 0 Å². The Labute approximate surface area is 144 Å². The summed E-state index contributed by atoms with van der Waals surface area (Å²) in [6.07, 6.45) is 0. The van der Waals surface area contributed by atoms with Gasteiger partial charge in [-0.3, -0.25) is 0 Å². The summed E-state index contributed by atoms with van der Waals surface area (Å²) in [5.74, 6) is 1.63. The minimum Gasteiger partial charge on any atom is -0.497 e. The van der Waals surface area contributed by atoms with Crippen LogP contribution in [0, 0.1) is 20.8 Å². The molecule has 0 bridgehead atoms. The average Bonchev–Trinajstić information content (AvgIpc) is 2.92. The van der Waals surface area contributed by atoms with Crippen molar-refractivity contribution in [2.75, 3.05) is 7.11 Å². The van der Waals surface area contributed by atoms with Gasteiger partial charge in [0.15, 0.2) is 5.76 Å². The van der Waals surface area contributed by atoms with E-state index in [-0.39, 0.29) is 0 Å². The van der Waals surface area contributed by atoms with Gasteiger partial charge >= 0.3 is 0 Å². The summed E-state index contributed by atoms with van der Waals surface area (Å²) in [5.41, 5.74) is 6.38. The molecule has 0 saturated heterocycles. The van der Waals surface area contributed by atoms with Gasteiger partial charge in [0.1, 0.15) is 5.75 Å². The van der Waals surface area contributed by atoms with Crippen LogP contribution in [0.15, 0.2) is 45.4 Å². The Bertz CT molecular complexity index is 851. The van der Waals surface area contributed by atoms with Gasteiger partial charge in [-0.05, 0) is 55.7 Å². The Hall–Kier alpha value is -2.07. The van der Waals surface area contributed by atoms with Gasteiger partial charge < -0.3 is 9.26 Å². The monoisotopic (exact) mass is 371 g/mol. The van der Waals surface area contributed by atoms with Crippen molar-refractivity contribution in [3.8, 4) is 28.2 Å². The van der Waals surface area contributed by atoms with Crippen LogP contribution in [0.25, 0.3) is 22.5 Å². The van der Waals surface area contributed by atoms with Crippen LogP contribution in [0.3, 0.4) is 0 Å². The second kappa shape index (κ2) is 6.20. The van der Waals surface area contributed by atoms with Crippen LogP contribution in [0.4, 0.5) is 0 Å². The SMILES string of the molecule is COc1ccc(-c2c(C)noc2-c2cc(Br)c(C)cc2C)cc1. The smallest absolute Gasteiger partial charge is 0.175 e. The van der Waals surface area contributed by atoms with E-state index in [1.54, 1.807) is 7.11 Å². The maximum atomic E-state index is 5.67. The maximum Gasteiger partial charge on any atom is 0.175 e. The lowest BCUT2D eigenvalue weighted by Gasteiger charge is -2.09. The van der Waals surface area contributed by atoms with Gasteiger partial charge in [-0.15, -0.1) is 0 Å². The van der Waals surface area contributed by atoms with Crippen LogP contribution in [-0.2, 0) is 0 Å². The summed E-state index contributed by atoms with van der Waals surface area (Å²) < 4.78 is 12.0. The molecular weight excluding hydrogens is 354 g/mol. The Morgan fingerprint density at radius 1 is 1.00 bits per heavy atom. The molecular formula is C19H18BrNO2. The first-order valence-corrected chi connectivity index (χ1v) is 8.18. The first kappa shape index (κ1) is 15.8. The molecule has 3 aromatic rings. The van der Waals surface area contributed by atoms with E-state index in [2.05, 4.69) is 47.1 Å². The van der Waals surface area contributed by atoms with Gasteiger partial charge in [-0.1, -0.05) is 39.3 Å². The number of ether oxygens (including phenoxy) is 1. The molecule has 0 aliphatic carbocycles. The highest BCUT2D eigenvalue weighted by Gasteiger charge is 2.19. The molecule has 4 heteroatoms. The molecule has 1 aromatic heterocycles. The second-order valence-electron chi connectivity index (χ2n) is 5.62. The fourth-order valence-electron chi connectivity index (χ4n) is 2.72. The van der Waals surface area contributed by atoms with Crippen molar-refractivity contribution in [3.05, 3.63) is 57.7 Å². The predicted molar refractivity (Wildman–Crippen MR) is 95.8 cm³/mol. The van der Waals surface area contributed by atoms with Crippen LogP contribution in [0.5, 0.6) is 5.75 Å². The fraction of sp³-hybridized carbons (Fsp3) is 0.211. The summed E-state index contributed by atoms with van der Waals surface area (Å²) >= 11 is 3.61. The normalized spacial score (nSPS) is 10.8. The molecule has 0 aliphatic rings. The Morgan fingerprint density at radius 2 is 1.70 bits per heavy atom. The molecule has 0 spiro atoms. The summed E-state index contributed by atoms with van der Waals surface area (Å²) in [4.78, 5) is 0. The first-order chi connectivity index (χ1) is 11.0. The number of hydrogen-bond acceptors (Lipinski definition) is 3. The second-order valence-corrected chi connectivity index (χ2v) is 6.47. The van der Waals surface area contributed by atoms with E-state index in [9.17, 15) is 0 Å². The number of aryl methyl sites for hydroxylation is 3. The van der Waals surface area contributed by atoms with Crippen LogP contribution in [0.2, 0.25) is 0 Å². The molecule has 0 aliphatic heterocycles. The van der Waals surface area contributed by atoms with E-state index in [0.717, 1.165) is 43.9 Å². The quantitative estimate of drug-likeness (QED) is 0.591. The third-order valence-electron chi connectivity index (χ3n) is 3.99. The molecule has 0 radical (unpaired) electrons. The van der Waals surface area contributed by atoms with Crippen molar-refractivity contribution in [3.63, 3.8) is 0 Å². The number of halogens is 1. The average molecular weight is 372 g/mol. The van der Waals surface area contributed by atoms with E-state index >= 15 is 0 Å². The Kier molecular flexibility index (Phi) is 4.26. The molecule has 1 heterocycles. The molecule has 0 N–H and O–H groups in total. The van der Waals surface area contributed by atoms with Crippen LogP contribution in [0.1, 0.15) is 16.8 Å². The van der Waals surface area contributed by atoms with Gasteiger partial charge in [-0.2, -0.15) is 0 Å². The summed E-state index contributed by atoms with van der Waals surface area (Å²) in [6.45, 7) is 6.13. The van der Waals surface area contributed by atoms with Crippen LogP contribution < -0.4 is 4.74 Å². The number of methoxy groups -OCH3 is 1. The molecule has 0 amide bonds. The highest BCUT2D eigenvalue weighted by atomic mass is 79.9. The number of rotatable bonds is 3. The highest BCUT2D eigenvalue weighted by molar-refractivity contribution is 9.10. The van der Waals surface area contributed by atoms with Crippen LogP contribution in [-0.4, -0.2) is 12.3 Å². The lowest BCUT2D eigenvalue weighted by molar-refractivity contribution is 0.415. The summed E-state index contributed by atoms with van der Waals surface area (Å²) in [5, 5.41) is 4.18. The van der Waals surface area contributed by atoms with Gasteiger partial charge in [0, 0.05) is 10.0 Å². The molecule has 23 heavy (non-hydrogen) atoms. The number of benzene rings is 2. The first-order valence-electron chi connectivity index (χ1n) is 7.39. The van der Waals surface area contributed by atoms with Gasteiger partial charge in [0.2, 0.25) is 0 Å². The molecule has 3 rings (SSSR count). The third kappa shape index (κ3) is 2.91. The molecule has 0 fully saturated rings. The zero-order valence-electron chi connectivity index (χ0n) is 13.6. The van der Waals surface area contributed by atoms with E-state index in [1.165, 1.54) is 5.56 Å². The minimum atomic E-state index is 0.797. The summed E-state index contributed by atoms with van der Waals surface area (Å²) in [6, 6.07) is 12.2. The van der Waals surface area contributed by atoms with Crippen molar-refractivity contribution in [2.45, 2.75) is 20.8 Å². The topological polar surface area (TPSA) is 35.3 Å². The third-order valence-corrected chi connectivity index (χ3v) is 4.85. The molecule has 3 nitrogen and oxygen atoms in total. The molecule has 0 unspecified atom stereocenters. The van der Waals surface area contributed by atoms with Gasteiger partial charge in [-0.25, -0.2) is 0 Å². The summed E-state index contributed by atoms with van der Waals surface area (Å²) in [7, 11) is 1.66. The zero-order chi connectivity index (χ0) is 16.6. The zero-order valence-corrected chi connectivity index (χ0v) is 15.2. The predicted octanol–water partition coefficient (Wildman–Crippen LogP) is 5.70. The lowest BCUT2D eigenvalue weighted by Crippen LogP contribution is -1.89. The Balaban J connectivity index is 2.17. The van der Waals surface area contributed by atoms with Crippen molar-refractivity contribution < 1.29 is 9.26 Å². The van der Waals surface area contributed by atoms with E-state index in [1.807, 2.05) is 31.2 Å². The molecule has 0 atom stereocenters. The standard InChI is InChI=1S/C19H18BrNO2/c1-11-9-12(2)17(20)10-16(11)19-18(13(3)21-23-19)14-5-7-15(22-4)8-6-14/h5-10H,1-4H3. The van der Waals surface area contributed by atoms with Crippen molar-refractivity contribution in [1.29, 1.82) is 0 Å². The van der Waals surface area contributed by atoms with Crippen LogP contribution >= 0.6 is 15.9 Å². The molecule has 2 aromatic carbocycles. The lowest BCUT2D eigenvalue weighted by atomic mass is 9.96. The highest BCUT2D eigenvalue weighted by Crippen LogP contribution is 2.38. The largest absolute Gasteiger partial charge is 0.497 e.